The predicted molar refractivity (Wildman–Crippen MR) is 108 cm³/mol. The zero-order valence-corrected chi connectivity index (χ0v) is 16.9. The molecule has 3 aromatic rings. The summed E-state index contributed by atoms with van der Waals surface area (Å²) >= 11 is 1.62. The second-order valence-electron chi connectivity index (χ2n) is 6.24. The van der Waals surface area contributed by atoms with Crippen molar-refractivity contribution in [3.8, 4) is 22.8 Å². The van der Waals surface area contributed by atoms with Gasteiger partial charge in [0.2, 0.25) is 5.91 Å². The van der Waals surface area contributed by atoms with Gasteiger partial charge in [-0.25, -0.2) is 4.98 Å². The van der Waals surface area contributed by atoms with Crippen LogP contribution in [0.1, 0.15) is 16.4 Å². The number of amides is 1. The minimum absolute atomic E-state index is 0.106. The number of rotatable bonds is 6. The monoisotopic (exact) mass is 385 g/mol. The van der Waals surface area contributed by atoms with Crippen LogP contribution in [0.3, 0.4) is 0 Å². The number of ether oxygens (including phenoxy) is 2. The average Bonchev–Trinajstić information content (AvgIpc) is 3.19. The molecule has 1 amide bonds. The Morgan fingerprint density at radius 2 is 1.89 bits per heavy atom. The maximum absolute atomic E-state index is 12.6. The highest BCUT2D eigenvalue weighted by atomic mass is 32.1. The molecule has 27 heavy (non-hydrogen) atoms. The Morgan fingerprint density at radius 1 is 1.15 bits per heavy atom. The molecule has 1 aromatic carbocycles. The molecule has 0 radical (unpaired) electrons. The van der Waals surface area contributed by atoms with Gasteiger partial charge in [-0.3, -0.25) is 4.79 Å². The summed E-state index contributed by atoms with van der Waals surface area (Å²) in [6, 6.07) is 7.38. The number of nitrogens with zero attached hydrogens (tertiary/aromatic N) is 2. The highest BCUT2D eigenvalue weighted by Gasteiger charge is 2.15. The number of thiazole rings is 1. The fourth-order valence-electron chi connectivity index (χ4n) is 3.05. The largest absolute Gasteiger partial charge is 0.493 e. The summed E-state index contributed by atoms with van der Waals surface area (Å²) in [6.07, 6.45) is 0. The van der Waals surface area contributed by atoms with Gasteiger partial charge in [-0.15, -0.1) is 11.3 Å². The highest BCUT2D eigenvalue weighted by molar-refractivity contribution is 7.09. The molecule has 3 rings (SSSR count). The Morgan fingerprint density at radius 3 is 2.52 bits per heavy atom. The Labute approximate surface area is 162 Å². The summed E-state index contributed by atoms with van der Waals surface area (Å²) < 4.78 is 12.5. The molecular formula is C20H23N3O3S. The summed E-state index contributed by atoms with van der Waals surface area (Å²) in [5, 5.41) is 5.99. The van der Waals surface area contributed by atoms with Crippen molar-refractivity contribution in [3.05, 3.63) is 46.0 Å². The fraction of sp³-hybridized carbons (Fsp3) is 0.300. The molecule has 0 fully saturated rings. The zero-order chi connectivity index (χ0) is 19.6. The lowest BCUT2D eigenvalue weighted by Crippen LogP contribution is -2.20. The first kappa shape index (κ1) is 19.0. The lowest BCUT2D eigenvalue weighted by molar-refractivity contribution is -0.116. The number of aryl methyl sites for hydroxylation is 2. The van der Waals surface area contributed by atoms with Crippen LogP contribution in [-0.4, -0.2) is 29.7 Å². The molecule has 0 aliphatic rings. The van der Waals surface area contributed by atoms with Crippen molar-refractivity contribution in [2.75, 3.05) is 19.5 Å². The van der Waals surface area contributed by atoms with E-state index in [-0.39, 0.29) is 12.5 Å². The lowest BCUT2D eigenvalue weighted by Gasteiger charge is -2.12. The summed E-state index contributed by atoms with van der Waals surface area (Å²) in [5.74, 6) is 1.09. The number of carbonyl (C=O) groups excluding carboxylic acids is 1. The van der Waals surface area contributed by atoms with E-state index < -0.39 is 0 Å². The molecular weight excluding hydrogens is 362 g/mol. The van der Waals surface area contributed by atoms with Crippen LogP contribution in [0.5, 0.6) is 11.5 Å². The quantitative estimate of drug-likeness (QED) is 0.691. The van der Waals surface area contributed by atoms with Gasteiger partial charge in [0, 0.05) is 34.1 Å². The molecule has 6 nitrogen and oxygen atoms in total. The SMILES string of the molecule is COc1ccc(NC(=O)Cn2c(C)cc(-c3csc(C)n3)c2C)cc1OC. The molecule has 0 unspecified atom stereocenters. The van der Waals surface area contributed by atoms with Crippen LogP contribution < -0.4 is 14.8 Å². The van der Waals surface area contributed by atoms with Gasteiger partial charge in [-0.1, -0.05) is 0 Å². The predicted octanol–water partition coefficient (Wildman–Crippen LogP) is 4.19. The Hall–Kier alpha value is -2.80. The molecule has 0 spiro atoms. The minimum atomic E-state index is -0.106. The molecule has 1 N–H and O–H groups in total. The van der Waals surface area contributed by atoms with E-state index in [9.17, 15) is 4.79 Å². The van der Waals surface area contributed by atoms with Gasteiger partial charge in [0.15, 0.2) is 11.5 Å². The van der Waals surface area contributed by atoms with E-state index in [0.29, 0.717) is 17.2 Å². The van der Waals surface area contributed by atoms with Crippen molar-refractivity contribution in [2.45, 2.75) is 27.3 Å². The van der Waals surface area contributed by atoms with Crippen LogP contribution in [0.25, 0.3) is 11.3 Å². The number of hydrogen-bond acceptors (Lipinski definition) is 5. The summed E-state index contributed by atoms with van der Waals surface area (Å²) in [7, 11) is 3.15. The topological polar surface area (TPSA) is 65.4 Å². The highest BCUT2D eigenvalue weighted by Crippen LogP contribution is 2.30. The standard InChI is InChI=1S/C20H23N3O3S/c1-12-8-16(17-11-27-14(3)21-17)13(2)23(12)10-20(24)22-15-6-7-18(25-4)19(9-15)26-5/h6-9,11H,10H2,1-5H3,(H,22,24). The second-order valence-corrected chi connectivity index (χ2v) is 7.30. The van der Waals surface area contributed by atoms with Gasteiger partial charge in [-0.05, 0) is 39.0 Å². The van der Waals surface area contributed by atoms with Crippen molar-refractivity contribution >= 4 is 22.9 Å². The van der Waals surface area contributed by atoms with Crippen LogP contribution in [0.2, 0.25) is 0 Å². The first-order valence-corrected chi connectivity index (χ1v) is 9.42. The number of hydrogen-bond donors (Lipinski definition) is 1. The van der Waals surface area contributed by atoms with E-state index in [0.717, 1.165) is 27.7 Å². The summed E-state index contributed by atoms with van der Waals surface area (Å²) in [5.41, 5.74) is 4.74. The van der Waals surface area contributed by atoms with Crippen molar-refractivity contribution < 1.29 is 14.3 Å². The molecule has 0 bridgehead atoms. The maximum Gasteiger partial charge on any atom is 0.244 e. The van der Waals surface area contributed by atoms with Crippen molar-refractivity contribution in [1.82, 2.24) is 9.55 Å². The molecule has 0 saturated carbocycles. The second kappa shape index (κ2) is 7.84. The number of aromatic nitrogens is 2. The normalized spacial score (nSPS) is 10.7. The number of nitrogens with one attached hydrogen (secondary N) is 1. The lowest BCUT2D eigenvalue weighted by atomic mass is 10.2. The van der Waals surface area contributed by atoms with Crippen molar-refractivity contribution in [3.63, 3.8) is 0 Å². The van der Waals surface area contributed by atoms with Gasteiger partial charge in [0.05, 0.1) is 24.9 Å². The molecule has 142 valence electrons. The zero-order valence-electron chi connectivity index (χ0n) is 16.1. The Kier molecular flexibility index (Phi) is 5.51. The van der Waals surface area contributed by atoms with Crippen molar-refractivity contribution in [1.29, 1.82) is 0 Å². The van der Waals surface area contributed by atoms with Crippen LogP contribution in [0.4, 0.5) is 5.69 Å². The van der Waals surface area contributed by atoms with Crippen LogP contribution in [-0.2, 0) is 11.3 Å². The maximum atomic E-state index is 12.6. The average molecular weight is 385 g/mol. The van der Waals surface area contributed by atoms with Crippen LogP contribution in [0.15, 0.2) is 29.6 Å². The van der Waals surface area contributed by atoms with Crippen LogP contribution in [0, 0.1) is 20.8 Å². The first-order valence-electron chi connectivity index (χ1n) is 8.54. The Bertz CT molecular complexity index is 975. The van der Waals surface area contributed by atoms with Gasteiger partial charge in [0.25, 0.3) is 0 Å². The van der Waals surface area contributed by atoms with E-state index in [1.165, 1.54) is 0 Å². The third-order valence-electron chi connectivity index (χ3n) is 4.44. The number of anilines is 1. The third-order valence-corrected chi connectivity index (χ3v) is 5.21. The molecule has 0 atom stereocenters. The summed E-state index contributed by atoms with van der Waals surface area (Å²) in [4.78, 5) is 17.1. The summed E-state index contributed by atoms with van der Waals surface area (Å²) in [6.45, 7) is 6.24. The van der Waals surface area contributed by atoms with Crippen molar-refractivity contribution in [2.24, 2.45) is 0 Å². The third kappa shape index (κ3) is 3.98. The van der Waals surface area contributed by atoms with Gasteiger partial charge in [0.1, 0.15) is 6.54 Å². The van der Waals surface area contributed by atoms with Crippen LogP contribution >= 0.6 is 11.3 Å². The van der Waals surface area contributed by atoms with E-state index in [1.807, 2.05) is 30.7 Å². The van der Waals surface area contributed by atoms with E-state index in [1.54, 1.807) is 43.8 Å². The number of methoxy groups -OCH3 is 2. The van der Waals surface area contributed by atoms with Gasteiger partial charge >= 0.3 is 0 Å². The van der Waals surface area contributed by atoms with E-state index in [2.05, 4.69) is 16.4 Å². The molecule has 2 heterocycles. The van der Waals surface area contributed by atoms with E-state index in [4.69, 9.17) is 9.47 Å². The molecule has 0 aliphatic heterocycles. The smallest absolute Gasteiger partial charge is 0.244 e. The van der Waals surface area contributed by atoms with E-state index >= 15 is 0 Å². The first-order chi connectivity index (χ1) is 12.9. The number of benzene rings is 1. The molecule has 0 saturated heterocycles. The minimum Gasteiger partial charge on any atom is -0.493 e. The molecule has 0 aliphatic carbocycles. The molecule has 7 heteroatoms. The van der Waals surface area contributed by atoms with Gasteiger partial charge in [-0.2, -0.15) is 0 Å². The number of carbonyl (C=O) groups is 1. The Balaban J connectivity index is 1.78. The van der Waals surface area contributed by atoms with Gasteiger partial charge < -0.3 is 19.4 Å². The fourth-order valence-corrected chi connectivity index (χ4v) is 3.66. The molecule has 2 aromatic heterocycles.